The van der Waals surface area contributed by atoms with Crippen molar-refractivity contribution in [1.82, 2.24) is 10.3 Å². The van der Waals surface area contributed by atoms with Crippen LogP contribution in [0.4, 0.5) is 0 Å². The first-order chi connectivity index (χ1) is 8.55. The summed E-state index contributed by atoms with van der Waals surface area (Å²) in [5.41, 5.74) is 0.891. The van der Waals surface area contributed by atoms with Crippen molar-refractivity contribution >= 4 is 0 Å². The standard InChI is InChI=1S/C15H23N3/c1-13(14-8-4-6-11-18-14)17-10-7-5-9-15(2,3)12-16/h4,6,8,11,13,17H,5,7,9-10H2,1-3H3/t13-/m0/s1. The molecule has 0 unspecified atom stereocenters. The van der Waals surface area contributed by atoms with Crippen molar-refractivity contribution in [2.45, 2.75) is 46.1 Å². The highest BCUT2D eigenvalue weighted by molar-refractivity contribution is 5.07. The number of nitrogens with zero attached hydrogens (tertiary/aromatic N) is 2. The molecule has 1 atom stereocenters. The van der Waals surface area contributed by atoms with Gasteiger partial charge >= 0.3 is 0 Å². The highest BCUT2D eigenvalue weighted by atomic mass is 14.9. The Labute approximate surface area is 110 Å². The third-order valence-electron chi connectivity index (χ3n) is 3.11. The normalized spacial score (nSPS) is 13.0. The topological polar surface area (TPSA) is 48.7 Å². The van der Waals surface area contributed by atoms with E-state index in [1.54, 1.807) is 0 Å². The maximum absolute atomic E-state index is 8.91. The van der Waals surface area contributed by atoms with E-state index in [2.05, 4.69) is 23.3 Å². The zero-order valence-electron chi connectivity index (χ0n) is 11.6. The van der Waals surface area contributed by atoms with Crippen LogP contribution in [0.25, 0.3) is 0 Å². The van der Waals surface area contributed by atoms with Gasteiger partial charge in [-0.3, -0.25) is 4.98 Å². The molecule has 1 rings (SSSR count). The second-order valence-electron chi connectivity index (χ2n) is 5.38. The zero-order chi connectivity index (χ0) is 13.4. The number of nitrogens with one attached hydrogen (secondary N) is 1. The van der Waals surface area contributed by atoms with Crippen molar-refractivity contribution in [1.29, 1.82) is 5.26 Å². The number of hydrogen-bond acceptors (Lipinski definition) is 3. The lowest BCUT2D eigenvalue weighted by molar-refractivity contribution is 0.417. The predicted octanol–water partition coefficient (Wildman–Crippen LogP) is 3.45. The van der Waals surface area contributed by atoms with Gasteiger partial charge in [0.2, 0.25) is 0 Å². The number of nitriles is 1. The lowest BCUT2D eigenvalue weighted by Crippen LogP contribution is -2.21. The zero-order valence-corrected chi connectivity index (χ0v) is 11.6. The van der Waals surface area contributed by atoms with Gasteiger partial charge in [-0.25, -0.2) is 0 Å². The molecular weight excluding hydrogens is 222 g/mol. The highest BCUT2D eigenvalue weighted by Crippen LogP contribution is 2.21. The van der Waals surface area contributed by atoms with Crippen LogP contribution in [0.5, 0.6) is 0 Å². The summed E-state index contributed by atoms with van der Waals surface area (Å²) >= 11 is 0. The van der Waals surface area contributed by atoms with E-state index in [4.69, 9.17) is 5.26 Å². The Bertz CT molecular complexity index is 378. The number of rotatable bonds is 7. The van der Waals surface area contributed by atoms with Crippen molar-refractivity contribution in [3.63, 3.8) is 0 Å². The maximum atomic E-state index is 8.91. The molecule has 0 aromatic carbocycles. The van der Waals surface area contributed by atoms with E-state index >= 15 is 0 Å². The van der Waals surface area contributed by atoms with Crippen molar-refractivity contribution in [3.05, 3.63) is 30.1 Å². The van der Waals surface area contributed by atoms with Crippen LogP contribution in [0.15, 0.2) is 24.4 Å². The van der Waals surface area contributed by atoms with Gasteiger partial charge in [0.05, 0.1) is 17.2 Å². The maximum Gasteiger partial charge on any atom is 0.0683 e. The van der Waals surface area contributed by atoms with E-state index < -0.39 is 0 Å². The van der Waals surface area contributed by atoms with E-state index in [1.807, 2.05) is 38.2 Å². The first kappa shape index (κ1) is 14.7. The molecule has 0 aliphatic rings. The molecule has 0 aliphatic heterocycles. The van der Waals surface area contributed by atoms with Crippen LogP contribution in [0, 0.1) is 16.7 Å². The van der Waals surface area contributed by atoms with Crippen LogP contribution >= 0.6 is 0 Å². The van der Waals surface area contributed by atoms with Gasteiger partial charge < -0.3 is 5.32 Å². The van der Waals surface area contributed by atoms with Crippen LogP contribution in [0.2, 0.25) is 0 Å². The van der Waals surface area contributed by atoms with Crippen molar-refractivity contribution in [3.8, 4) is 6.07 Å². The van der Waals surface area contributed by atoms with Crippen molar-refractivity contribution < 1.29 is 0 Å². The van der Waals surface area contributed by atoms with Crippen molar-refractivity contribution in [2.75, 3.05) is 6.54 Å². The largest absolute Gasteiger partial charge is 0.309 e. The Morgan fingerprint density at radius 2 is 2.17 bits per heavy atom. The van der Waals surface area contributed by atoms with Crippen LogP contribution in [-0.4, -0.2) is 11.5 Å². The average molecular weight is 245 g/mol. The van der Waals surface area contributed by atoms with Crippen molar-refractivity contribution in [2.24, 2.45) is 5.41 Å². The predicted molar refractivity (Wildman–Crippen MR) is 73.9 cm³/mol. The van der Waals surface area contributed by atoms with Gasteiger partial charge in [0.1, 0.15) is 0 Å². The summed E-state index contributed by atoms with van der Waals surface area (Å²) in [6, 6.07) is 8.60. The summed E-state index contributed by atoms with van der Waals surface area (Å²) in [7, 11) is 0. The van der Waals surface area contributed by atoms with E-state index in [9.17, 15) is 0 Å². The lowest BCUT2D eigenvalue weighted by Gasteiger charge is -2.16. The van der Waals surface area contributed by atoms with Gasteiger partial charge in [-0.1, -0.05) is 12.5 Å². The molecule has 0 saturated heterocycles. The summed E-state index contributed by atoms with van der Waals surface area (Å²) in [5.74, 6) is 0. The van der Waals surface area contributed by atoms with Gasteiger partial charge in [0.15, 0.2) is 0 Å². The Hall–Kier alpha value is -1.40. The molecule has 0 saturated carbocycles. The number of aromatic nitrogens is 1. The van der Waals surface area contributed by atoms with E-state index in [-0.39, 0.29) is 11.5 Å². The fraction of sp³-hybridized carbons (Fsp3) is 0.600. The molecule has 18 heavy (non-hydrogen) atoms. The minimum Gasteiger partial charge on any atom is -0.309 e. The molecule has 1 heterocycles. The molecule has 1 N–H and O–H groups in total. The molecule has 1 aromatic rings. The molecule has 0 aliphatic carbocycles. The fourth-order valence-corrected chi connectivity index (χ4v) is 1.80. The number of pyridine rings is 1. The highest BCUT2D eigenvalue weighted by Gasteiger charge is 2.15. The third kappa shape index (κ3) is 5.29. The van der Waals surface area contributed by atoms with Crippen LogP contribution in [0.3, 0.4) is 0 Å². The van der Waals surface area contributed by atoms with Gasteiger partial charge in [-0.2, -0.15) is 5.26 Å². The molecule has 98 valence electrons. The molecule has 0 bridgehead atoms. The van der Waals surface area contributed by atoms with Crippen LogP contribution in [0.1, 0.15) is 51.8 Å². The first-order valence-electron chi connectivity index (χ1n) is 6.61. The second kappa shape index (κ2) is 7.13. The van der Waals surface area contributed by atoms with Gasteiger partial charge in [0.25, 0.3) is 0 Å². The SMILES string of the molecule is C[C@H](NCCCCC(C)(C)C#N)c1ccccn1. The third-order valence-corrected chi connectivity index (χ3v) is 3.11. The summed E-state index contributed by atoms with van der Waals surface area (Å²) in [5, 5.41) is 12.4. The smallest absolute Gasteiger partial charge is 0.0683 e. The molecule has 0 spiro atoms. The molecule has 1 aromatic heterocycles. The summed E-state index contributed by atoms with van der Waals surface area (Å²) in [6.07, 6.45) is 4.97. The van der Waals surface area contributed by atoms with E-state index in [0.29, 0.717) is 0 Å². The number of unbranched alkanes of at least 4 members (excludes halogenated alkanes) is 1. The molecule has 0 fully saturated rings. The fourth-order valence-electron chi connectivity index (χ4n) is 1.80. The van der Waals surface area contributed by atoms with Gasteiger partial charge in [-0.05, 0) is 52.3 Å². The van der Waals surface area contributed by atoms with E-state index in [0.717, 1.165) is 31.5 Å². The monoisotopic (exact) mass is 245 g/mol. The van der Waals surface area contributed by atoms with E-state index in [1.165, 1.54) is 0 Å². The Kier molecular flexibility index (Phi) is 5.80. The molecule has 0 amide bonds. The lowest BCUT2D eigenvalue weighted by atomic mass is 9.89. The molecule has 0 radical (unpaired) electrons. The van der Waals surface area contributed by atoms with Crippen LogP contribution < -0.4 is 5.32 Å². The molecule has 3 nitrogen and oxygen atoms in total. The van der Waals surface area contributed by atoms with Gasteiger partial charge in [-0.15, -0.1) is 0 Å². The summed E-state index contributed by atoms with van der Waals surface area (Å²) in [6.45, 7) is 7.09. The average Bonchev–Trinajstić information content (AvgIpc) is 2.39. The quantitative estimate of drug-likeness (QED) is 0.748. The van der Waals surface area contributed by atoms with Crippen LogP contribution in [-0.2, 0) is 0 Å². The molecular formula is C15H23N3. The first-order valence-corrected chi connectivity index (χ1v) is 6.61. The minimum atomic E-state index is -0.188. The Balaban J connectivity index is 2.18. The number of hydrogen-bond donors (Lipinski definition) is 1. The Morgan fingerprint density at radius 1 is 1.39 bits per heavy atom. The van der Waals surface area contributed by atoms with Gasteiger partial charge in [0, 0.05) is 12.2 Å². The Morgan fingerprint density at radius 3 is 2.78 bits per heavy atom. The summed E-state index contributed by atoms with van der Waals surface area (Å²) in [4.78, 5) is 4.32. The second-order valence-corrected chi connectivity index (χ2v) is 5.38. The molecule has 3 heteroatoms. The summed E-state index contributed by atoms with van der Waals surface area (Å²) < 4.78 is 0. The minimum absolute atomic E-state index is 0.188.